The number of H-pyrrole nitrogens is 1. The lowest BCUT2D eigenvalue weighted by molar-refractivity contribution is 1.48. The van der Waals surface area contributed by atoms with Crippen molar-refractivity contribution in [3.05, 3.63) is 33.4 Å². The minimum Gasteiger partial charge on any atom is -0.358 e. The standard InChI is InChI=1S/C8H4Cl3N/c9-5-2-1-4-6(10)3-12-8(4)7(5)11/h1-3,12H. The molecule has 2 aromatic rings. The third-order valence-electron chi connectivity index (χ3n) is 1.70. The van der Waals surface area contributed by atoms with Crippen molar-refractivity contribution in [2.75, 3.05) is 0 Å². The summed E-state index contributed by atoms with van der Waals surface area (Å²) < 4.78 is 0. The molecule has 0 atom stereocenters. The Morgan fingerprint density at radius 1 is 1.00 bits per heavy atom. The monoisotopic (exact) mass is 219 g/mol. The largest absolute Gasteiger partial charge is 0.358 e. The van der Waals surface area contributed by atoms with Crippen LogP contribution in [-0.2, 0) is 0 Å². The lowest BCUT2D eigenvalue weighted by Crippen LogP contribution is -1.71. The second kappa shape index (κ2) is 2.84. The van der Waals surface area contributed by atoms with E-state index in [1.165, 1.54) is 0 Å². The van der Waals surface area contributed by atoms with E-state index in [9.17, 15) is 0 Å². The maximum absolute atomic E-state index is 5.92. The van der Waals surface area contributed by atoms with E-state index in [0.29, 0.717) is 15.1 Å². The minimum atomic E-state index is 0.515. The zero-order valence-electron chi connectivity index (χ0n) is 5.87. The van der Waals surface area contributed by atoms with Crippen molar-refractivity contribution in [2.45, 2.75) is 0 Å². The molecule has 0 radical (unpaired) electrons. The summed E-state index contributed by atoms with van der Waals surface area (Å²) in [5.41, 5.74) is 0.786. The number of hydrogen-bond donors (Lipinski definition) is 1. The number of benzene rings is 1. The van der Waals surface area contributed by atoms with Crippen LogP contribution in [0.15, 0.2) is 18.3 Å². The molecule has 0 saturated heterocycles. The highest BCUT2D eigenvalue weighted by Crippen LogP contribution is 2.33. The molecule has 0 spiro atoms. The van der Waals surface area contributed by atoms with Gasteiger partial charge in [0.15, 0.2) is 0 Å². The van der Waals surface area contributed by atoms with Gasteiger partial charge < -0.3 is 4.98 Å². The summed E-state index contributed by atoms with van der Waals surface area (Å²) in [7, 11) is 0. The number of aromatic amines is 1. The highest BCUT2D eigenvalue weighted by Gasteiger charge is 2.07. The number of nitrogens with one attached hydrogen (secondary N) is 1. The van der Waals surface area contributed by atoms with Crippen LogP contribution in [0.4, 0.5) is 0 Å². The molecule has 0 unspecified atom stereocenters. The van der Waals surface area contributed by atoms with Gasteiger partial charge in [0, 0.05) is 11.6 Å². The van der Waals surface area contributed by atoms with Crippen LogP contribution in [0.5, 0.6) is 0 Å². The van der Waals surface area contributed by atoms with Crippen LogP contribution in [0.1, 0.15) is 0 Å². The van der Waals surface area contributed by atoms with Gasteiger partial charge in [0.25, 0.3) is 0 Å². The molecule has 0 saturated carbocycles. The Morgan fingerprint density at radius 2 is 1.75 bits per heavy atom. The smallest absolute Gasteiger partial charge is 0.0833 e. The molecule has 1 N–H and O–H groups in total. The summed E-state index contributed by atoms with van der Waals surface area (Å²) in [4.78, 5) is 2.95. The molecule has 0 aliphatic heterocycles. The quantitative estimate of drug-likeness (QED) is 0.687. The van der Waals surface area contributed by atoms with E-state index >= 15 is 0 Å². The van der Waals surface area contributed by atoms with Crippen molar-refractivity contribution in [1.82, 2.24) is 4.98 Å². The third-order valence-corrected chi connectivity index (χ3v) is 2.81. The van der Waals surface area contributed by atoms with Gasteiger partial charge in [-0.15, -0.1) is 0 Å². The summed E-state index contributed by atoms with van der Waals surface area (Å²) >= 11 is 17.6. The van der Waals surface area contributed by atoms with Crippen molar-refractivity contribution < 1.29 is 0 Å². The van der Waals surface area contributed by atoms with Crippen LogP contribution in [0, 0.1) is 0 Å². The zero-order valence-corrected chi connectivity index (χ0v) is 8.13. The van der Waals surface area contributed by atoms with Crippen LogP contribution in [0.2, 0.25) is 15.1 Å². The summed E-state index contributed by atoms with van der Waals surface area (Å²) in [6.45, 7) is 0. The first-order chi connectivity index (χ1) is 5.70. The van der Waals surface area contributed by atoms with Crippen LogP contribution >= 0.6 is 34.8 Å². The van der Waals surface area contributed by atoms with Gasteiger partial charge in [-0.2, -0.15) is 0 Å². The van der Waals surface area contributed by atoms with Crippen LogP contribution in [-0.4, -0.2) is 4.98 Å². The van der Waals surface area contributed by atoms with E-state index < -0.39 is 0 Å². The number of hydrogen-bond acceptors (Lipinski definition) is 0. The normalized spacial score (nSPS) is 10.9. The molecular weight excluding hydrogens is 216 g/mol. The fourth-order valence-electron chi connectivity index (χ4n) is 1.10. The third kappa shape index (κ3) is 1.09. The highest BCUT2D eigenvalue weighted by molar-refractivity contribution is 6.46. The number of aromatic nitrogens is 1. The van der Waals surface area contributed by atoms with Gasteiger partial charge in [0.05, 0.1) is 20.6 Å². The second-order valence-electron chi connectivity index (χ2n) is 2.42. The molecule has 62 valence electrons. The minimum absolute atomic E-state index is 0.515. The molecule has 1 aromatic heterocycles. The van der Waals surface area contributed by atoms with Gasteiger partial charge >= 0.3 is 0 Å². The predicted octanol–water partition coefficient (Wildman–Crippen LogP) is 4.13. The Bertz CT molecular complexity index is 433. The van der Waals surface area contributed by atoms with Gasteiger partial charge in [0.2, 0.25) is 0 Å². The first-order valence-electron chi connectivity index (χ1n) is 3.30. The van der Waals surface area contributed by atoms with Crippen LogP contribution in [0.25, 0.3) is 10.9 Å². The molecule has 4 heteroatoms. The lowest BCUT2D eigenvalue weighted by atomic mass is 10.2. The molecule has 1 heterocycles. The Hall–Kier alpha value is -0.370. The van der Waals surface area contributed by atoms with E-state index in [2.05, 4.69) is 4.98 Å². The van der Waals surface area contributed by atoms with Gasteiger partial charge in [-0.05, 0) is 12.1 Å². The maximum Gasteiger partial charge on any atom is 0.0833 e. The molecule has 2 rings (SSSR count). The highest BCUT2D eigenvalue weighted by atomic mass is 35.5. The molecule has 0 amide bonds. The van der Waals surface area contributed by atoms with Gasteiger partial charge in [-0.3, -0.25) is 0 Å². The number of fused-ring (bicyclic) bond motifs is 1. The van der Waals surface area contributed by atoms with Crippen LogP contribution in [0.3, 0.4) is 0 Å². The fraction of sp³-hybridized carbons (Fsp3) is 0. The van der Waals surface area contributed by atoms with E-state index in [0.717, 1.165) is 10.9 Å². The van der Waals surface area contributed by atoms with Gasteiger partial charge in [-0.1, -0.05) is 34.8 Å². The predicted molar refractivity (Wildman–Crippen MR) is 53.3 cm³/mol. The van der Waals surface area contributed by atoms with E-state index in [1.54, 1.807) is 12.3 Å². The Labute approximate surface area is 84.2 Å². The van der Waals surface area contributed by atoms with Crippen molar-refractivity contribution in [1.29, 1.82) is 0 Å². The van der Waals surface area contributed by atoms with Gasteiger partial charge in [-0.25, -0.2) is 0 Å². The van der Waals surface area contributed by atoms with Crippen LogP contribution < -0.4 is 0 Å². The van der Waals surface area contributed by atoms with Gasteiger partial charge in [0.1, 0.15) is 0 Å². The van der Waals surface area contributed by atoms with Crippen molar-refractivity contribution >= 4 is 45.7 Å². The first-order valence-corrected chi connectivity index (χ1v) is 4.44. The molecule has 12 heavy (non-hydrogen) atoms. The summed E-state index contributed by atoms with van der Waals surface area (Å²) in [5.74, 6) is 0. The molecule has 0 aliphatic carbocycles. The second-order valence-corrected chi connectivity index (χ2v) is 3.61. The topological polar surface area (TPSA) is 15.8 Å². The molecule has 1 nitrogen and oxygen atoms in total. The van der Waals surface area contributed by atoms with E-state index in [1.807, 2.05) is 6.07 Å². The number of rotatable bonds is 0. The lowest BCUT2D eigenvalue weighted by Gasteiger charge is -1.96. The first kappa shape index (κ1) is 8.24. The molecule has 0 aliphatic rings. The number of halogens is 3. The SMILES string of the molecule is Clc1ccc2c(Cl)c[nH]c2c1Cl. The van der Waals surface area contributed by atoms with Crippen molar-refractivity contribution in [3.63, 3.8) is 0 Å². The molecular formula is C8H4Cl3N. The Balaban J connectivity index is 2.93. The summed E-state index contributed by atoms with van der Waals surface area (Å²) in [6, 6.07) is 3.56. The summed E-state index contributed by atoms with van der Waals surface area (Å²) in [6.07, 6.45) is 1.69. The average Bonchev–Trinajstić information content (AvgIpc) is 2.41. The Kier molecular flexibility index (Phi) is 1.95. The molecule has 0 fully saturated rings. The van der Waals surface area contributed by atoms with Crippen molar-refractivity contribution in [2.24, 2.45) is 0 Å². The average molecular weight is 220 g/mol. The Morgan fingerprint density at radius 3 is 2.50 bits per heavy atom. The fourth-order valence-corrected chi connectivity index (χ4v) is 1.69. The zero-order chi connectivity index (χ0) is 8.72. The maximum atomic E-state index is 5.92. The summed E-state index contributed by atoms with van der Waals surface area (Å²) in [5, 5.41) is 2.60. The molecule has 1 aromatic carbocycles. The van der Waals surface area contributed by atoms with Crippen molar-refractivity contribution in [3.8, 4) is 0 Å². The molecule has 0 bridgehead atoms. The van der Waals surface area contributed by atoms with E-state index in [-0.39, 0.29) is 0 Å². The van der Waals surface area contributed by atoms with E-state index in [4.69, 9.17) is 34.8 Å².